The molecule has 148 valence electrons. The maximum atomic E-state index is 13.0. The Balaban J connectivity index is 1.56. The molecular weight excluding hydrogens is 374 g/mol. The molecule has 1 heterocycles. The van der Waals surface area contributed by atoms with E-state index in [4.69, 9.17) is 5.26 Å². The van der Waals surface area contributed by atoms with Crippen LogP contribution in [-0.2, 0) is 17.6 Å². The minimum Gasteiger partial charge on any atom is -0.370 e. The average molecular weight is 400 g/mol. The van der Waals surface area contributed by atoms with Crippen LogP contribution in [0.5, 0.6) is 0 Å². The number of rotatable bonds is 6. The molecule has 1 aromatic heterocycles. The molecule has 0 bridgehead atoms. The maximum absolute atomic E-state index is 13.0. The summed E-state index contributed by atoms with van der Waals surface area (Å²) >= 11 is 1.54. The predicted octanol–water partition coefficient (Wildman–Crippen LogP) is 2.58. The van der Waals surface area contributed by atoms with E-state index in [0.717, 1.165) is 31.2 Å². The monoisotopic (exact) mass is 399 g/mol. The van der Waals surface area contributed by atoms with E-state index in [9.17, 15) is 9.59 Å². The fourth-order valence-corrected chi connectivity index (χ4v) is 4.89. The number of anilines is 1. The van der Waals surface area contributed by atoms with Crippen LogP contribution in [-0.4, -0.2) is 30.2 Å². The molecule has 3 aliphatic carbocycles. The molecule has 4 rings (SSSR count). The molecule has 1 atom stereocenters. The molecular formula is C20H25N5O2S. The summed E-state index contributed by atoms with van der Waals surface area (Å²) in [6.07, 6.45) is 8.46. The van der Waals surface area contributed by atoms with Crippen LogP contribution in [0.15, 0.2) is 4.99 Å². The topological polar surface area (TPSA) is 106 Å². The molecule has 0 radical (unpaired) electrons. The Morgan fingerprint density at radius 3 is 2.71 bits per heavy atom. The first-order valence-corrected chi connectivity index (χ1v) is 10.8. The summed E-state index contributed by atoms with van der Waals surface area (Å²) in [6, 6.07) is 0.126. The second-order valence-corrected chi connectivity index (χ2v) is 9.11. The highest BCUT2D eigenvalue weighted by Gasteiger charge is 2.34. The molecule has 7 nitrogen and oxygen atoms in total. The van der Waals surface area contributed by atoms with E-state index in [-0.39, 0.29) is 23.8 Å². The molecule has 2 amide bonds. The SMILES string of the molecule is CC(=NC#N)NC1CCc2sc(NC(=O)C3CC3)c(C(=O)NCC3CC3)c2C1. The number of nitrogens with zero attached hydrogens (tertiary/aromatic N) is 2. The zero-order valence-corrected chi connectivity index (χ0v) is 16.8. The molecule has 0 spiro atoms. The Bertz CT molecular complexity index is 861. The van der Waals surface area contributed by atoms with Crippen LogP contribution in [0, 0.1) is 23.3 Å². The van der Waals surface area contributed by atoms with Gasteiger partial charge in [-0.15, -0.1) is 11.3 Å². The third-order valence-electron chi connectivity index (χ3n) is 5.55. The standard InChI is InChI=1S/C20H25N5O2S/c1-11(23-10-21)24-14-6-7-16-15(8-14)17(19(27)22-9-12-2-3-12)20(28-16)25-18(26)13-4-5-13/h12-14H,2-9H2,1H3,(H,22,27)(H,23,24)(H,25,26). The van der Waals surface area contributed by atoms with Crippen LogP contribution >= 0.6 is 11.3 Å². The van der Waals surface area contributed by atoms with Crippen molar-refractivity contribution in [3.05, 3.63) is 16.0 Å². The van der Waals surface area contributed by atoms with Crippen molar-refractivity contribution >= 4 is 34.0 Å². The van der Waals surface area contributed by atoms with Crippen molar-refractivity contribution in [3.8, 4) is 6.19 Å². The lowest BCUT2D eigenvalue weighted by Gasteiger charge is -2.24. The molecule has 0 aliphatic heterocycles. The fraction of sp³-hybridized carbons (Fsp3) is 0.600. The normalized spacial score (nSPS) is 21.4. The zero-order valence-electron chi connectivity index (χ0n) is 16.0. The summed E-state index contributed by atoms with van der Waals surface area (Å²) < 4.78 is 0. The number of aliphatic imine (C=N–C) groups is 1. The lowest BCUT2D eigenvalue weighted by Crippen LogP contribution is -2.38. The van der Waals surface area contributed by atoms with Crippen LogP contribution in [0.25, 0.3) is 0 Å². The summed E-state index contributed by atoms with van der Waals surface area (Å²) in [5.74, 6) is 1.23. The second-order valence-electron chi connectivity index (χ2n) is 8.01. The second kappa shape index (κ2) is 7.92. The molecule has 0 aromatic carbocycles. The van der Waals surface area contributed by atoms with Gasteiger partial charge in [0.1, 0.15) is 10.8 Å². The molecule has 28 heavy (non-hydrogen) atoms. The number of nitrogens with one attached hydrogen (secondary N) is 3. The Morgan fingerprint density at radius 1 is 1.25 bits per heavy atom. The van der Waals surface area contributed by atoms with Gasteiger partial charge in [-0.05, 0) is 63.4 Å². The Morgan fingerprint density at radius 2 is 2.04 bits per heavy atom. The maximum Gasteiger partial charge on any atom is 0.254 e. The number of amidine groups is 1. The van der Waals surface area contributed by atoms with E-state index in [1.165, 1.54) is 17.7 Å². The van der Waals surface area contributed by atoms with Crippen molar-refractivity contribution in [2.75, 3.05) is 11.9 Å². The van der Waals surface area contributed by atoms with Gasteiger partial charge in [0, 0.05) is 23.4 Å². The van der Waals surface area contributed by atoms with Gasteiger partial charge in [-0.25, -0.2) is 0 Å². The van der Waals surface area contributed by atoms with Crippen LogP contribution in [0.4, 0.5) is 5.00 Å². The summed E-state index contributed by atoms with van der Waals surface area (Å²) in [5.41, 5.74) is 1.66. The van der Waals surface area contributed by atoms with Crippen molar-refractivity contribution in [1.29, 1.82) is 5.26 Å². The molecule has 3 N–H and O–H groups in total. The van der Waals surface area contributed by atoms with Gasteiger partial charge >= 0.3 is 0 Å². The van der Waals surface area contributed by atoms with E-state index in [1.54, 1.807) is 24.5 Å². The van der Waals surface area contributed by atoms with E-state index in [2.05, 4.69) is 20.9 Å². The van der Waals surface area contributed by atoms with Gasteiger partial charge in [-0.1, -0.05) is 0 Å². The molecule has 2 fully saturated rings. The van der Waals surface area contributed by atoms with Gasteiger partial charge in [-0.3, -0.25) is 9.59 Å². The van der Waals surface area contributed by atoms with Gasteiger partial charge in [0.15, 0.2) is 0 Å². The van der Waals surface area contributed by atoms with Gasteiger partial charge in [-0.2, -0.15) is 10.3 Å². The van der Waals surface area contributed by atoms with Gasteiger partial charge in [0.25, 0.3) is 5.91 Å². The van der Waals surface area contributed by atoms with Crippen LogP contribution in [0.2, 0.25) is 0 Å². The lowest BCUT2D eigenvalue weighted by molar-refractivity contribution is -0.117. The number of carbonyl (C=O) groups is 2. The molecule has 2 saturated carbocycles. The first-order valence-electron chi connectivity index (χ1n) is 9.98. The van der Waals surface area contributed by atoms with E-state index >= 15 is 0 Å². The smallest absolute Gasteiger partial charge is 0.254 e. The molecule has 1 unspecified atom stereocenters. The number of hydrogen-bond acceptors (Lipinski definition) is 5. The average Bonchev–Trinajstić information content (AvgIpc) is 3.56. The van der Waals surface area contributed by atoms with E-state index < -0.39 is 0 Å². The van der Waals surface area contributed by atoms with Crippen molar-refractivity contribution in [3.63, 3.8) is 0 Å². The minimum atomic E-state index is -0.0847. The third-order valence-corrected chi connectivity index (χ3v) is 6.76. The molecule has 1 aromatic rings. The van der Waals surface area contributed by atoms with Gasteiger partial charge < -0.3 is 16.0 Å². The van der Waals surface area contributed by atoms with Gasteiger partial charge in [0.05, 0.1) is 5.56 Å². The number of amides is 2. The Labute approximate surface area is 168 Å². The van der Waals surface area contributed by atoms with E-state index in [0.29, 0.717) is 35.3 Å². The summed E-state index contributed by atoms with van der Waals surface area (Å²) in [6.45, 7) is 2.48. The summed E-state index contributed by atoms with van der Waals surface area (Å²) in [5, 5.41) is 18.8. The van der Waals surface area contributed by atoms with Crippen LogP contribution < -0.4 is 16.0 Å². The Hall–Kier alpha value is -2.40. The van der Waals surface area contributed by atoms with Crippen LogP contribution in [0.3, 0.4) is 0 Å². The van der Waals surface area contributed by atoms with Crippen LogP contribution in [0.1, 0.15) is 59.8 Å². The van der Waals surface area contributed by atoms with Crippen molar-refractivity contribution in [2.24, 2.45) is 16.8 Å². The van der Waals surface area contributed by atoms with Crippen molar-refractivity contribution < 1.29 is 9.59 Å². The number of carbonyl (C=O) groups excluding carboxylic acids is 2. The highest BCUT2D eigenvalue weighted by Crippen LogP contribution is 2.40. The summed E-state index contributed by atoms with van der Waals surface area (Å²) in [7, 11) is 0. The number of hydrogen-bond donors (Lipinski definition) is 3. The minimum absolute atomic E-state index is 0.0292. The highest BCUT2D eigenvalue weighted by molar-refractivity contribution is 7.17. The van der Waals surface area contributed by atoms with E-state index in [1.807, 2.05) is 0 Å². The first kappa shape index (κ1) is 18.9. The first-order chi connectivity index (χ1) is 13.5. The predicted molar refractivity (Wildman–Crippen MR) is 108 cm³/mol. The number of thiophene rings is 1. The quantitative estimate of drug-likeness (QED) is 0.388. The molecule has 8 heteroatoms. The molecule has 3 aliphatic rings. The third kappa shape index (κ3) is 4.36. The van der Waals surface area contributed by atoms with Gasteiger partial charge in [0.2, 0.25) is 12.1 Å². The largest absolute Gasteiger partial charge is 0.370 e. The fourth-order valence-electron chi connectivity index (χ4n) is 3.64. The number of fused-ring (bicyclic) bond motifs is 1. The van der Waals surface area contributed by atoms with Crippen molar-refractivity contribution in [1.82, 2.24) is 10.6 Å². The summed E-state index contributed by atoms with van der Waals surface area (Å²) in [4.78, 5) is 30.2. The lowest BCUT2D eigenvalue weighted by atomic mass is 9.91. The highest BCUT2D eigenvalue weighted by atomic mass is 32.1. The Kier molecular flexibility index (Phi) is 5.36. The zero-order chi connectivity index (χ0) is 19.7. The number of nitriles is 1. The molecule has 0 saturated heterocycles. The van der Waals surface area contributed by atoms with Crippen molar-refractivity contribution in [2.45, 2.75) is 57.9 Å². The number of aryl methyl sites for hydroxylation is 1.